The molecule has 0 aliphatic carbocycles. The summed E-state index contributed by atoms with van der Waals surface area (Å²) in [5, 5.41) is 13.8. The monoisotopic (exact) mass is 421 g/mol. The minimum absolute atomic E-state index is 0.365. The van der Waals surface area contributed by atoms with E-state index in [1.165, 1.54) is 0 Å². The molecule has 2 aromatic carbocycles. The summed E-state index contributed by atoms with van der Waals surface area (Å²) in [6.07, 6.45) is 3.73. The SMILES string of the molecule is Cc1cc(-c2cn(C)nc2COc2ccc(-c3nc4ccccc4cc3C)cc2)cnn1. The summed E-state index contributed by atoms with van der Waals surface area (Å²) in [7, 11) is 1.90. The van der Waals surface area contributed by atoms with Crippen molar-refractivity contribution in [3.63, 3.8) is 0 Å². The van der Waals surface area contributed by atoms with E-state index in [1.54, 1.807) is 10.9 Å². The third kappa shape index (κ3) is 3.95. The molecule has 0 N–H and O–H groups in total. The van der Waals surface area contributed by atoms with Gasteiger partial charge in [-0.2, -0.15) is 15.3 Å². The quantitative estimate of drug-likeness (QED) is 0.386. The van der Waals surface area contributed by atoms with Gasteiger partial charge in [0.25, 0.3) is 0 Å². The summed E-state index contributed by atoms with van der Waals surface area (Å²) in [5.74, 6) is 0.785. The molecule has 0 aliphatic rings. The van der Waals surface area contributed by atoms with E-state index >= 15 is 0 Å². The fourth-order valence-corrected chi connectivity index (χ4v) is 3.88. The lowest BCUT2D eigenvalue weighted by atomic mass is 10.0. The average Bonchev–Trinajstić information content (AvgIpc) is 3.18. The van der Waals surface area contributed by atoms with E-state index < -0.39 is 0 Å². The number of rotatable bonds is 5. The van der Waals surface area contributed by atoms with Crippen LogP contribution in [0.4, 0.5) is 0 Å². The van der Waals surface area contributed by atoms with Gasteiger partial charge in [0.2, 0.25) is 0 Å². The van der Waals surface area contributed by atoms with Crippen molar-refractivity contribution in [3.8, 4) is 28.1 Å². The number of aryl methyl sites for hydroxylation is 3. The normalized spacial score (nSPS) is 11.1. The molecule has 0 saturated heterocycles. The molecule has 6 nitrogen and oxygen atoms in total. The maximum Gasteiger partial charge on any atom is 0.133 e. The lowest BCUT2D eigenvalue weighted by Crippen LogP contribution is -1.99. The molecule has 6 heteroatoms. The van der Waals surface area contributed by atoms with Gasteiger partial charge in [0.1, 0.15) is 18.1 Å². The Kier molecular flexibility index (Phi) is 5.11. The number of fused-ring (bicyclic) bond motifs is 1. The van der Waals surface area contributed by atoms with Gasteiger partial charge < -0.3 is 4.74 Å². The Morgan fingerprint density at radius 3 is 2.56 bits per heavy atom. The summed E-state index contributed by atoms with van der Waals surface area (Å²) in [6.45, 7) is 4.39. The predicted molar refractivity (Wildman–Crippen MR) is 125 cm³/mol. The molecule has 0 saturated carbocycles. The second-order valence-corrected chi connectivity index (χ2v) is 7.91. The molecule has 0 fully saturated rings. The summed E-state index contributed by atoms with van der Waals surface area (Å²) in [5.41, 5.74) is 7.91. The summed E-state index contributed by atoms with van der Waals surface area (Å²) in [6, 6.07) is 20.4. The van der Waals surface area contributed by atoms with Crippen LogP contribution in [0.15, 0.2) is 73.1 Å². The van der Waals surface area contributed by atoms with Crippen LogP contribution in [-0.4, -0.2) is 25.0 Å². The minimum Gasteiger partial charge on any atom is -0.487 e. The van der Waals surface area contributed by atoms with Crippen molar-refractivity contribution in [2.24, 2.45) is 7.05 Å². The third-order valence-electron chi connectivity index (χ3n) is 5.41. The van der Waals surface area contributed by atoms with Gasteiger partial charge in [0, 0.05) is 35.3 Å². The van der Waals surface area contributed by atoms with Gasteiger partial charge >= 0.3 is 0 Å². The second kappa shape index (κ2) is 8.23. The van der Waals surface area contributed by atoms with Gasteiger partial charge in [-0.25, -0.2) is 4.98 Å². The number of pyridine rings is 1. The van der Waals surface area contributed by atoms with Crippen LogP contribution >= 0.6 is 0 Å². The van der Waals surface area contributed by atoms with Gasteiger partial charge in [-0.3, -0.25) is 4.68 Å². The van der Waals surface area contributed by atoms with E-state index in [9.17, 15) is 0 Å². The highest BCUT2D eigenvalue weighted by atomic mass is 16.5. The molecular formula is C26H23N5O. The van der Waals surface area contributed by atoms with Crippen molar-refractivity contribution >= 4 is 10.9 Å². The van der Waals surface area contributed by atoms with Crippen molar-refractivity contribution in [2.75, 3.05) is 0 Å². The van der Waals surface area contributed by atoms with Gasteiger partial charge in [0.15, 0.2) is 0 Å². The number of aromatic nitrogens is 5. The Bertz CT molecular complexity index is 1410. The van der Waals surface area contributed by atoms with E-state index in [0.29, 0.717) is 6.61 Å². The van der Waals surface area contributed by atoms with Crippen LogP contribution < -0.4 is 4.74 Å². The molecule has 0 spiro atoms. The Morgan fingerprint density at radius 2 is 1.75 bits per heavy atom. The second-order valence-electron chi connectivity index (χ2n) is 7.91. The standard InChI is InChI=1S/C26H23N5O/c1-17-12-20-6-4-5-7-24(20)28-26(17)19-8-10-22(11-9-19)32-16-25-23(15-31(3)30-25)21-13-18(2)29-27-14-21/h4-15H,16H2,1-3H3. The van der Waals surface area contributed by atoms with Gasteiger partial charge in [-0.05, 0) is 61.9 Å². The van der Waals surface area contributed by atoms with E-state index in [1.807, 2.05) is 56.6 Å². The smallest absolute Gasteiger partial charge is 0.133 e. The number of ether oxygens (including phenoxy) is 1. The summed E-state index contributed by atoms with van der Waals surface area (Å²) in [4.78, 5) is 4.86. The van der Waals surface area contributed by atoms with Crippen LogP contribution in [0.1, 0.15) is 17.0 Å². The highest BCUT2D eigenvalue weighted by Gasteiger charge is 2.12. The zero-order valence-corrected chi connectivity index (χ0v) is 18.3. The lowest BCUT2D eigenvalue weighted by molar-refractivity contribution is 0.300. The van der Waals surface area contributed by atoms with Gasteiger partial charge in [-0.15, -0.1) is 0 Å². The highest BCUT2D eigenvalue weighted by Crippen LogP contribution is 2.28. The molecule has 0 atom stereocenters. The Labute approximate surface area is 186 Å². The maximum atomic E-state index is 6.06. The first-order valence-electron chi connectivity index (χ1n) is 10.5. The molecule has 0 aliphatic heterocycles. The van der Waals surface area contributed by atoms with Crippen molar-refractivity contribution in [2.45, 2.75) is 20.5 Å². The van der Waals surface area contributed by atoms with Crippen molar-refractivity contribution in [1.82, 2.24) is 25.0 Å². The first kappa shape index (κ1) is 19.9. The molecule has 0 radical (unpaired) electrons. The van der Waals surface area contributed by atoms with Crippen LogP contribution in [0.5, 0.6) is 5.75 Å². The summed E-state index contributed by atoms with van der Waals surface area (Å²) >= 11 is 0. The number of nitrogens with zero attached hydrogens (tertiary/aromatic N) is 5. The highest BCUT2D eigenvalue weighted by molar-refractivity contribution is 5.83. The fraction of sp³-hybridized carbons (Fsp3) is 0.154. The molecule has 0 unspecified atom stereocenters. The molecule has 3 aromatic heterocycles. The lowest BCUT2D eigenvalue weighted by Gasteiger charge is -2.10. The zero-order valence-electron chi connectivity index (χ0n) is 18.3. The van der Waals surface area contributed by atoms with Crippen molar-refractivity contribution in [1.29, 1.82) is 0 Å². The molecule has 0 bridgehead atoms. The number of hydrogen-bond donors (Lipinski definition) is 0. The Morgan fingerprint density at radius 1 is 0.938 bits per heavy atom. The predicted octanol–water partition coefficient (Wildman–Crippen LogP) is 5.29. The molecule has 158 valence electrons. The molecule has 5 aromatic rings. The largest absolute Gasteiger partial charge is 0.487 e. The van der Waals surface area contributed by atoms with Crippen molar-refractivity contribution < 1.29 is 4.74 Å². The molecule has 32 heavy (non-hydrogen) atoms. The topological polar surface area (TPSA) is 65.7 Å². The number of benzene rings is 2. The Hall–Kier alpha value is -4.06. The van der Waals surface area contributed by atoms with E-state index in [4.69, 9.17) is 9.72 Å². The molecular weight excluding hydrogens is 398 g/mol. The average molecular weight is 422 g/mol. The Balaban J connectivity index is 1.36. The van der Waals surface area contributed by atoms with Crippen LogP contribution in [0.2, 0.25) is 0 Å². The van der Waals surface area contributed by atoms with Crippen LogP contribution in [0.25, 0.3) is 33.3 Å². The fourth-order valence-electron chi connectivity index (χ4n) is 3.88. The van der Waals surface area contributed by atoms with E-state index in [0.717, 1.165) is 56.0 Å². The summed E-state index contributed by atoms with van der Waals surface area (Å²) < 4.78 is 7.85. The number of para-hydroxylation sites is 1. The first-order valence-corrected chi connectivity index (χ1v) is 10.5. The van der Waals surface area contributed by atoms with E-state index in [2.05, 4.69) is 46.5 Å². The molecule has 0 amide bonds. The van der Waals surface area contributed by atoms with E-state index in [-0.39, 0.29) is 0 Å². The van der Waals surface area contributed by atoms with Gasteiger partial charge in [-0.1, -0.05) is 18.2 Å². The number of hydrogen-bond acceptors (Lipinski definition) is 5. The third-order valence-corrected chi connectivity index (χ3v) is 5.41. The van der Waals surface area contributed by atoms with Crippen LogP contribution in [0.3, 0.4) is 0 Å². The maximum absolute atomic E-state index is 6.06. The van der Waals surface area contributed by atoms with Crippen LogP contribution in [0, 0.1) is 13.8 Å². The molecule has 5 rings (SSSR count). The zero-order chi connectivity index (χ0) is 22.1. The first-order chi connectivity index (χ1) is 15.6. The van der Waals surface area contributed by atoms with Gasteiger partial charge in [0.05, 0.1) is 23.1 Å². The van der Waals surface area contributed by atoms with Crippen LogP contribution in [-0.2, 0) is 13.7 Å². The minimum atomic E-state index is 0.365. The van der Waals surface area contributed by atoms with Crippen molar-refractivity contribution in [3.05, 3.63) is 90.0 Å². The molecule has 3 heterocycles.